The van der Waals surface area contributed by atoms with Gasteiger partial charge < -0.3 is 4.90 Å². The minimum Gasteiger partial charge on any atom is -0.335 e. The molecule has 2 aromatic rings. The van der Waals surface area contributed by atoms with Crippen molar-refractivity contribution in [1.82, 2.24) is 4.90 Å². The zero-order valence-electron chi connectivity index (χ0n) is 11.2. The molecule has 2 nitrogen and oxygen atoms in total. The van der Waals surface area contributed by atoms with Gasteiger partial charge in [-0.15, -0.1) is 12.6 Å². The average Bonchev–Trinajstić information content (AvgIpc) is 2.47. The number of hydrogen-bond donors (Lipinski definition) is 1. The molecule has 2 rings (SSSR count). The van der Waals surface area contributed by atoms with Crippen molar-refractivity contribution in [2.24, 2.45) is 0 Å². The number of amides is 1. The van der Waals surface area contributed by atoms with E-state index in [4.69, 9.17) is 11.6 Å². The monoisotopic (exact) mass is 305 g/mol. The van der Waals surface area contributed by atoms with Crippen LogP contribution in [0.3, 0.4) is 0 Å². The third kappa shape index (κ3) is 3.56. The van der Waals surface area contributed by atoms with E-state index in [9.17, 15) is 4.79 Å². The largest absolute Gasteiger partial charge is 0.335 e. The summed E-state index contributed by atoms with van der Waals surface area (Å²) in [5.41, 5.74) is 1.60. The second kappa shape index (κ2) is 6.82. The summed E-state index contributed by atoms with van der Waals surface area (Å²) in [7, 11) is 0. The highest BCUT2D eigenvalue weighted by molar-refractivity contribution is 7.80. The van der Waals surface area contributed by atoms with Crippen molar-refractivity contribution in [2.45, 2.75) is 18.4 Å². The maximum Gasteiger partial charge on any atom is 0.255 e. The number of carbonyl (C=O) groups is 1. The van der Waals surface area contributed by atoms with Crippen molar-refractivity contribution in [3.05, 3.63) is 64.7 Å². The highest BCUT2D eigenvalue weighted by Gasteiger charge is 2.17. The van der Waals surface area contributed by atoms with Crippen molar-refractivity contribution < 1.29 is 4.79 Å². The van der Waals surface area contributed by atoms with Crippen LogP contribution < -0.4 is 0 Å². The Kier molecular flexibility index (Phi) is 5.10. The van der Waals surface area contributed by atoms with Gasteiger partial charge in [-0.1, -0.05) is 41.9 Å². The fourth-order valence-corrected chi connectivity index (χ4v) is 2.38. The molecule has 0 saturated heterocycles. The lowest BCUT2D eigenvalue weighted by atomic mass is 10.1. The standard InChI is InChI=1S/C16H16ClNOS/c1-2-18(11-12-6-4-3-5-7-12)16(19)14-10-13(20)8-9-15(14)17/h3-10,20H,2,11H2,1H3. The number of nitrogens with zero attached hydrogens (tertiary/aromatic N) is 1. The summed E-state index contributed by atoms with van der Waals surface area (Å²) in [5, 5.41) is 0.458. The number of rotatable bonds is 4. The molecule has 0 fully saturated rings. The Morgan fingerprint density at radius 2 is 1.90 bits per heavy atom. The molecule has 0 unspecified atom stereocenters. The van der Waals surface area contributed by atoms with Crippen LogP contribution in [0, 0.1) is 0 Å². The van der Waals surface area contributed by atoms with Gasteiger partial charge in [0.05, 0.1) is 10.6 Å². The van der Waals surface area contributed by atoms with Crippen LogP contribution in [-0.4, -0.2) is 17.4 Å². The maximum absolute atomic E-state index is 12.6. The fraction of sp³-hybridized carbons (Fsp3) is 0.188. The molecule has 0 aliphatic rings. The van der Waals surface area contributed by atoms with E-state index in [1.54, 1.807) is 23.1 Å². The lowest BCUT2D eigenvalue weighted by Crippen LogP contribution is -2.30. The molecular weight excluding hydrogens is 290 g/mol. The summed E-state index contributed by atoms with van der Waals surface area (Å²) in [5.74, 6) is -0.0720. The Bertz CT molecular complexity index is 601. The smallest absolute Gasteiger partial charge is 0.255 e. The van der Waals surface area contributed by atoms with E-state index in [0.717, 1.165) is 10.5 Å². The molecule has 0 aromatic heterocycles. The summed E-state index contributed by atoms with van der Waals surface area (Å²) in [6.07, 6.45) is 0. The minimum absolute atomic E-state index is 0.0720. The molecule has 4 heteroatoms. The van der Waals surface area contributed by atoms with Crippen LogP contribution in [0.15, 0.2) is 53.4 Å². The van der Waals surface area contributed by atoms with Crippen molar-refractivity contribution in [3.63, 3.8) is 0 Å². The van der Waals surface area contributed by atoms with Crippen molar-refractivity contribution >= 4 is 30.1 Å². The maximum atomic E-state index is 12.6. The van der Waals surface area contributed by atoms with Gasteiger partial charge in [0, 0.05) is 18.0 Å². The molecule has 20 heavy (non-hydrogen) atoms. The molecule has 0 spiro atoms. The van der Waals surface area contributed by atoms with E-state index >= 15 is 0 Å². The second-order valence-corrected chi connectivity index (χ2v) is 5.39. The van der Waals surface area contributed by atoms with Crippen LogP contribution in [0.25, 0.3) is 0 Å². The number of carbonyl (C=O) groups excluding carboxylic acids is 1. The van der Waals surface area contributed by atoms with Crippen LogP contribution in [0.1, 0.15) is 22.8 Å². The van der Waals surface area contributed by atoms with E-state index in [1.807, 2.05) is 37.3 Å². The van der Waals surface area contributed by atoms with E-state index in [1.165, 1.54) is 0 Å². The first kappa shape index (κ1) is 14.9. The van der Waals surface area contributed by atoms with Gasteiger partial charge in [-0.25, -0.2) is 0 Å². The van der Waals surface area contributed by atoms with Gasteiger partial charge in [0.25, 0.3) is 5.91 Å². The summed E-state index contributed by atoms with van der Waals surface area (Å²) in [6, 6.07) is 15.1. The van der Waals surface area contributed by atoms with Crippen LogP contribution in [0.4, 0.5) is 0 Å². The number of halogens is 1. The Labute approximate surface area is 129 Å². The Balaban J connectivity index is 2.23. The van der Waals surface area contributed by atoms with Crippen LogP contribution in [0.5, 0.6) is 0 Å². The molecular formula is C16H16ClNOS. The Morgan fingerprint density at radius 3 is 2.55 bits per heavy atom. The predicted molar refractivity (Wildman–Crippen MR) is 85.6 cm³/mol. The lowest BCUT2D eigenvalue weighted by molar-refractivity contribution is 0.0752. The van der Waals surface area contributed by atoms with E-state index in [-0.39, 0.29) is 5.91 Å². The third-order valence-corrected chi connectivity index (χ3v) is 3.67. The molecule has 1 amide bonds. The fourth-order valence-electron chi connectivity index (χ4n) is 1.98. The average molecular weight is 306 g/mol. The first-order valence-electron chi connectivity index (χ1n) is 6.43. The highest BCUT2D eigenvalue weighted by Crippen LogP contribution is 2.22. The molecule has 2 aromatic carbocycles. The normalized spacial score (nSPS) is 10.3. The second-order valence-electron chi connectivity index (χ2n) is 4.47. The SMILES string of the molecule is CCN(Cc1ccccc1)C(=O)c1cc(S)ccc1Cl. The molecule has 0 bridgehead atoms. The Hall–Kier alpha value is -1.45. The molecule has 104 valence electrons. The summed E-state index contributed by atoms with van der Waals surface area (Å²) >= 11 is 10.4. The first-order chi connectivity index (χ1) is 9.61. The highest BCUT2D eigenvalue weighted by atomic mass is 35.5. The van der Waals surface area contributed by atoms with E-state index in [2.05, 4.69) is 12.6 Å². The van der Waals surface area contributed by atoms with Gasteiger partial charge in [-0.2, -0.15) is 0 Å². The molecule has 0 aliphatic heterocycles. The van der Waals surface area contributed by atoms with Crippen molar-refractivity contribution in [1.29, 1.82) is 0 Å². The van der Waals surface area contributed by atoms with Gasteiger partial charge in [0.1, 0.15) is 0 Å². The number of hydrogen-bond acceptors (Lipinski definition) is 2. The summed E-state index contributed by atoms with van der Waals surface area (Å²) < 4.78 is 0. The van der Waals surface area contributed by atoms with Gasteiger partial charge in [-0.05, 0) is 30.7 Å². The van der Waals surface area contributed by atoms with Gasteiger partial charge in [-0.3, -0.25) is 4.79 Å². The lowest BCUT2D eigenvalue weighted by Gasteiger charge is -2.21. The first-order valence-corrected chi connectivity index (χ1v) is 7.26. The van der Waals surface area contributed by atoms with Crippen molar-refractivity contribution in [3.8, 4) is 0 Å². The number of benzene rings is 2. The molecule has 0 saturated carbocycles. The summed E-state index contributed by atoms with van der Waals surface area (Å²) in [4.78, 5) is 15.1. The van der Waals surface area contributed by atoms with Crippen LogP contribution in [0.2, 0.25) is 5.02 Å². The Morgan fingerprint density at radius 1 is 1.20 bits per heavy atom. The molecule has 0 atom stereocenters. The van der Waals surface area contributed by atoms with E-state index in [0.29, 0.717) is 23.7 Å². The van der Waals surface area contributed by atoms with Crippen LogP contribution >= 0.6 is 24.2 Å². The summed E-state index contributed by atoms with van der Waals surface area (Å²) in [6.45, 7) is 3.16. The molecule has 0 heterocycles. The zero-order valence-corrected chi connectivity index (χ0v) is 12.9. The van der Waals surface area contributed by atoms with Gasteiger partial charge in [0.2, 0.25) is 0 Å². The molecule has 0 aliphatic carbocycles. The predicted octanol–water partition coefficient (Wildman–Crippen LogP) is 4.29. The van der Waals surface area contributed by atoms with Gasteiger partial charge in [0.15, 0.2) is 0 Å². The molecule has 0 N–H and O–H groups in total. The third-order valence-electron chi connectivity index (χ3n) is 3.07. The van der Waals surface area contributed by atoms with E-state index < -0.39 is 0 Å². The molecule has 0 radical (unpaired) electrons. The topological polar surface area (TPSA) is 20.3 Å². The number of thiol groups is 1. The quantitative estimate of drug-likeness (QED) is 0.836. The van der Waals surface area contributed by atoms with Gasteiger partial charge >= 0.3 is 0 Å². The van der Waals surface area contributed by atoms with Crippen LogP contribution in [-0.2, 0) is 6.54 Å². The minimum atomic E-state index is -0.0720. The zero-order chi connectivity index (χ0) is 14.5. The van der Waals surface area contributed by atoms with Crippen molar-refractivity contribution in [2.75, 3.05) is 6.54 Å².